The first-order chi connectivity index (χ1) is 13.4. The average Bonchev–Trinajstić information content (AvgIpc) is 3.23. The monoisotopic (exact) mass is 403 g/mol. The zero-order chi connectivity index (χ0) is 19.9. The summed E-state index contributed by atoms with van der Waals surface area (Å²) in [5, 5.41) is 0.233. The zero-order valence-corrected chi connectivity index (χ0v) is 16.8. The van der Waals surface area contributed by atoms with Crippen molar-refractivity contribution in [1.29, 1.82) is 0 Å². The first kappa shape index (κ1) is 19.1. The Kier molecular flexibility index (Phi) is 5.01. The lowest BCUT2D eigenvalue weighted by Gasteiger charge is -2.29. The van der Waals surface area contributed by atoms with Gasteiger partial charge in [-0.3, -0.25) is 9.59 Å². The van der Waals surface area contributed by atoms with Gasteiger partial charge in [0.25, 0.3) is 5.91 Å². The van der Waals surface area contributed by atoms with Gasteiger partial charge in [-0.1, -0.05) is 6.92 Å². The first-order valence-corrected chi connectivity index (χ1v) is 11.3. The van der Waals surface area contributed by atoms with Crippen molar-refractivity contribution in [2.45, 2.75) is 37.5 Å². The van der Waals surface area contributed by atoms with Crippen LogP contribution in [0.5, 0.6) is 0 Å². The van der Waals surface area contributed by atoms with Gasteiger partial charge in [0.1, 0.15) is 5.56 Å². The molecule has 1 aromatic carbocycles. The Bertz CT molecular complexity index is 1060. The van der Waals surface area contributed by atoms with Gasteiger partial charge in [0, 0.05) is 43.3 Å². The van der Waals surface area contributed by atoms with E-state index in [1.807, 2.05) is 0 Å². The van der Waals surface area contributed by atoms with Crippen molar-refractivity contribution in [1.82, 2.24) is 14.2 Å². The molecule has 0 spiro atoms. The van der Waals surface area contributed by atoms with Crippen molar-refractivity contribution in [2.24, 2.45) is 5.92 Å². The van der Waals surface area contributed by atoms with Gasteiger partial charge in [-0.05, 0) is 49.8 Å². The highest BCUT2D eigenvalue weighted by Gasteiger charge is 2.29. The minimum atomic E-state index is -3.66. The number of piperidine rings is 1. The maximum absolute atomic E-state index is 13.0. The van der Waals surface area contributed by atoms with Gasteiger partial charge in [0.2, 0.25) is 15.5 Å². The Morgan fingerprint density at radius 3 is 2.46 bits per heavy atom. The highest BCUT2D eigenvalue weighted by molar-refractivity contribution is 7.89. The van der Waals surface area contributed by atoms with Crippen LogP contribution in [0.2, 0.25) is 0 Å². The number of H-pyrrole nitrogens is 1. The molecular weight excluding hydrogens is 378 g/mol. The van der Waals surface area contributed by atoms with E-state index in [2.05, 4.69) is 11.9 Å². The number of nitrogens with zero attached hydrogens (tertiary/aromatic N) is 2. The molecule has 28 heavy (non-hydrogen) atoms. The SMILES string of the molecule is CC1CCN(S(=O)(=O)c2ccc3[nH]cc(C(=O)N4CCCC4)c(=O)c3c2)CC1. The Morgan fingerprint density at radius 2 is 1.79 bits per heavy atom. The Morgan fingerprint density at radius 1 is 1.11 bits per heavy atom. The molecular formula is C20H25N3O4S. The average molecular weight is 404 g/mol. The molecule has 8 heteroatoms. The molecule has 7 nitrogen and oxygen atoms in total. The highest BCUT2D eigenvalue weighted by atomic mass is 32.2. The number of aromatic amines is 1. The first-order valence-electron chi connectivity index (χ1n) is 9.83. The minimum absolute atomic E-state index is 0.0655. The molecule has 2 aromatic rings. The smallest absolute Gasteiger partial charge is 0.259 e. The second kappa shape index (κ2) is 7.33. The quantitative estimate of drug-likeness (QED) is 0.851. The topological polar surface area (TPSA) is 90.6 Å². The number of aromatic nitrogens is 1. The summed E-state index contributed by atoms with van der Waals surface area (Å²) in [5.41, 5.74) is 0.167. The lowest BCUT2D eigenvalue weighted by atomic mass is 10.0. The van der Waals surface area contributed by atoms with E-state index < -0.39 is 15.5 Å². The molecule has 0 aliphatic carbocycles. The van der Waals surface area contributed by atoms with Crippen LogP contribution in [0.15, 0.2) is 34.1 Å². The summed E-state index contributed by atoms with van der Waals surface area (Å²) in [6.45, 7) is 4.41. The van der Waals surface area contributed by atoms with Crippen LogP contribution in [0.4, 0.5) is 0 Å². The summed E-state index contributed by atoms with van der Waals surface area (Å²) >= 11 is 0. The van der Waals surface area contributed by atoms with E-state index in [9.17, 15) is 18.0 Å². The predicted octanol–water partition coefficient (Wildman–Crippen LogP) is 2.18. The summed E-state index contributed by atoms with van der Waals surface area (Å²) in [6, 6.07) is 4.52. The lowest BCUT2D eigenvalue weighted by molar-refractivity contribution is 0.0791. The number of nitrogens with one attached hydrogen (secondary N) is 1. The summed E-state index contributed by atoms with van der Waals surface area (Å²) in [4.78, 5) is 30.3. The van der Waals surface area contributed by atoms with Crippen LogP contribution in [0.25, 0.3) is 10.9 Å². The molecule has 2 fully saturated rings. The van der Waals surface area contributed by atoms with Crippen molar-refractivity contribution in [2.75, 3.05) is 26.2 Å². The molecule has 2 aliphatic heterocycles. The molecule has 1 N–H and O–H groups in total. The fourth-order valence-corrected chi connectivity index (χ4v) is 5.48. The molecule has 150 valence electrons. The van der Waals surface area contributed by atoms with Gasteiger partial charge in [0.05, 0.1) is 4.90 Å². The molecule has 0 radical (unpaired) electrons. The summed E-state index contributed by atoms with van der Waals surface area (Å²) < 4.78 is 27.5. The maximum atomic E-state index is 13.0. The third-order valence-corrected chi connectivity index (χ3v) is 7.75. The Balaban J connectivity index is 1.72. The van der Waals surface area contributed by atoms with E-state index in [1.54, 1.807) is 11.0 Å². The molecule has 0 saturated carbocycles. The largest absolute Gasteiger partial charge is 0.360 e. The summed E-state index contributed by atoms with van der Waals surface area (Å²) in [6.07, 6.45) is 4.98. The van der Waals surface area contributed by atoms with E-state index >= 15 is 0 Å². The Hall–Kier alpha value is -2.19. The number of hydrogen-bond acceptors (Lipinski definition) is 4. The zero-order valence-electron chi connectivity index (χ0n) is 16.0. The predicted molar refractivity (Wildman–Crippen MR) is 107 cm³/mol. The van der Waals surface area contributed by atoms with Gasteiger partial charge in [-0.25, -0.2) is 8.42 Å². The fraction of sp³-hybridized carbons (Fsp3) is 0.500. The molecule has 1 amide bonds. The van der Waals surface area contributed by atoms with Crippen molar-refractivity contribution >= 4 is 26.8 Å². The molecule has 4 rings (SSSR count). The second-order valence-electron chi connectivity index (χ2n) is 7.82. The van der Waals surface area contributed by atoms with Crippen molar-refractivity contribution in [3.63, 3.8) is 0 Å². The Labute approximate surface area is 164 Å². The van der Waals surface area contributed by atoms with Crippen LogP contribution in [-0.4, -0.2) is 54.7 Å². The van der Waals surface area contributed by atoms with Gasteiger partial charge < -0.3 is 9.88 Å². The number of rotatable bonds is 3. The maximum Gasteiger partial charge on any atom is 0.259 e. The lowest BCUT2D eigenvalue weighted by Crippen LogP contribution is -2.37. The van der Waals surface area contributed by atoms with Crippen LogP contribution >= 0.6 is 0 Å². The molecule has 3 heterocycles. The number of pyridine rings is 1. The van der Waals surface area contributed by atoms with Crippen molar-refractivity contribution in [3.05, 3.63) is 40.2 Å². The third-order valence-electron chi connectivity index (χ3n) is 5.86. The van der Waals surface area contributed by atoms with Gasteiger partial charge in [-0.2, -0.15) is 4.31 Å². The van der Waals surface area contributed by atoms with Crippen LogP contribution in [0.1, 0.15) is 43.0 Å². The molecule has 1 aromatic heterocycles. The number of carbonyl (C=O) groups is 1. The number of carbonyl (C=O) groups excluding carboxylic acids is 1. The van der Waals surface area contributed by atoms with Crippen LogP contribution < -0.4 is 5.43 Å². The number of amides is 1. The minimum Gasteiger partial charge on any atom is -0.360 e. The standard InChI is InChI=1S/C20H25N3O4S/c1-14-6-10-23(11-7-14)28(26,27)15-4-5-18-16(12-15)19(24)17(13-21-18)20(25)22-8-2-3-9-22/h4-5,12-14H,2-3,6-11H2,1H3,(H,21,24). The second-order valence-corrected chi connectivity index (χ2v) is 9.76. The molecule has 0 unspecified atom stereocenters. The molecule has 2 aliphatic rings. The number of benzene rings is 1. The van der Waals surface area contributed by atoms with E-state index in [-0.39, 0.29) is 21.8 Å². The molecule has 0 bridgehead atoms. The van der Waals surface area contributed by atoms with E-state index in [4.69, 9.17) is 0 Å². The van der Waals surface area contributed by atoms with Gasteiger partial charge in [0.15, 0.2) is 0 Å². The van der Waals surface area contributed by atoms with Crippen molar-refractivity contribution < 1.29 is 13.2 Å². The van der Waals surface area contributed by atoms with Gasteiger partial charge in [-0.15, -0.1) is 0 Å². The number of sulfonamides is 1. The highest BCUT2D eigenvalue weighted by Crippen LogP contribution is 2.25. The third kappa shape index (κ3) is 3.35. The van der Waals surface area contributed by atoms with Crippen LogP contribution in [0, 0.1) is 5.92 Å². The van der Waals surface area contributed by atoms with Crippen LogP contribution in [0.3, 0.4) is 0 Å². The number of fused-ring (bicyclic) bond motifs is 1. The number of hydrogen-bond donors (Lipinski definition) is 1. The molecule has 2 saturated heterocycles. The number of likely N-dealkylation sites (tertiary alicyclic amines) is 1. The fourth-order valence-electron chi connectivity index (χ4n) is 3.98. The van der Waals surface area contributed by atoms with Crippen molar-refractivity contribution in [3.8, 4) is 0 Å². The molecule has 0 atom stereocenters. The summed E-state index contributed by atoms with van der Waals surface area (Å²) in [5.74, 6) is 0.226. The van der Waals surface area contributed by atoms with Crippen LogP contribution in [-0.2, 0) is 10.0 Å². The van der Waals surface area contributed by atoms with E-state index in [1.165, 1.54) is 22.6 Å². The van der Waals surface area contributed by atoms with E-state index in [0.717, 1.165) is 25.7 Å². The normalized spacial score (nSPS) is 19.4. The van der Waals surface area contributed by atoms with E-state index in [0.29, 0.717) is 37.6 Å². The summed E-state index contributed by atoms with van der Waals surface area (Å²) in [7, 11) is -3.66. The van der Waals surface area contributed by atoms with Gasteiger partial charge >= 0.3 is 0 Å².